The largest absolute Gasteiger partial charge is 0.497 e. The molecule has 0 saturated carbocycles. The molecule has 0 bridgehead atoms. The lowest BCUT2D eigenvalue weighted by Gasteiger charge is -2.09. The molecule has 1 heterocycles. The average molecular weight is 347 g/mol. The van der Waals surface area contributed by atoms with Crippen molar-refractivity contribution in [3.8, 4) is 17.6 Å². The molecule has 21 heavy (non-hydrogen) atoms. The molecule has 0 unspecified atom stereocenters. The number of benzene rings is 1. The second kappa shape index (κ2) is 7.09. The lowest BCUT2D eigenvalue weighted by atomic mass is 10.0. The third-order valence-corrected chi connectivity index (χ3v) is 3.57. The van der Waals surface area contributed by atoms with E-state index in [1.165, 1.54) is 0 Å². The molecule has 0 spiro atoms. The van der Waals surface area contributed by atoms with Crippen molar-refractivity contribution in [2.75, 3.05) is 14.2 Å². The van der Waals surface area contributed by atoms with Crippen molar-refractivity contribution in [2.24, 2.45) is 0 Å². The Morgan fingerprint density at radius 2 is 1.76 bits per heavy atom. The summed E-state index contributed by atoms with van der Waals surface area (Å²) < 4.78 is 11.4. The molecule has 0 fully saturated rings. The van der Waals surface area contributed by atoms with Gasteiger partial charge in [-0.3, -0.25) is 0 Å². The molecule has 0 radical (unpaired) electrons. The molecule has 0 atom stereocenters. The zero-order valence-corrected chi connectivity index (χ0v) is 13.5. The van der Waals surface area contributed by atoms with Crippen LogP contribution in [0, 0.1) is 11.3 Å². The Balaban J connectivity index is 2.20. The van der Waals surface area contributed by atoms with Crippen LogP contribution in [0.3, 0.4) is 0 Å². The first-order valence-corrected chi connectivity index (χ1v) is 7.22. The summed E-state index contributed by atoms with van der Waals surface area (Å²) in [7, 11) is 3.26. The Hall–Kier alpha value is -2.06. The molecule has 0 saturated heterocycles. The van der Waals surface area contributed by atoms with Crippen molar-refractivity contribution >= 4 is 15.9 Å². The number of hydrogen-bond donors (Lipinski definition) is 0. The van der Waals surface area contributed by atoms with E-state index < -0.39 is 0 Å². The number of aromatic nitrogens is 1. The van der Waals surface area contributed by atoms with E-state index in [4.69, 9.17) is 14.7 Å². The molecule has 0 aliphatic rings. The first kappa shape index (κ1) is 15.3. The third kappa shape index (κ3) is 3.96. The van der Waals surface area contributed by atoms with Gasteiger partial charge >= 0.3 is 0 Å². The Morgan fingerprint density at radius 3 is 2.33 bits per heavy atom. The monoisotopic (exact) mass is 346 g/mol. The highest BCUT2D eigenvalue weighted by Crippen LogP contribution is 2.24. The van der Waals surface area contributed by atoms with E-state index in [-0.39, 0.29) is 0 Å². The van der Waals surface area contributed by atoms with E-state index in [0.717, 1.165) is 39.9 Å². The van der Waals surface area contributed by atoms with Gasteiger partial charge in [0.25, 0.3) is 0 Å². The number of rotatable bonds is 5. The smallest absolute Gasteiger partial charge is 0.143 e. The fourth-order valence-corrected chi connectivity index (χ4v) is 2.44. The fourth-order valence-electron chi connectivity index (χ4n) is 2.06. The Labute approximate surface area is 132 Å². The summed E-state index contributed by atoms with van der Waals surface area (Å²) >= 11 is 3.39. The number of pyridine rings is 1. The van der Waals surface area contributed by atoms with Gasteiger partial charge in [0.15, 0.2) is 0 Å². The summed E-state index contributed by atoms with van der Waals surface area (Å²) in [6.45, 7) is 0. The van der Waals surface area contributed by atoms with E-state index >= 15 is 0 Å². The van der Waals surface area contributed by atoms with Gasteiger partial charge in [0.05, 0.1) is 14.2 Å². The molecular formula is C16H15BrN2O2. The maximum atomic E-state index is 9.10. The van der Waals surface area contributed by atoms with Crippen LogP contribution in [0.2, 0.25) is 0 Å². The molecule has 2 rings (SSSR count). The van der Waals surface area contributed by atoms with Gasteiger partial charge in [0.1, 0.15) is 23.3 Å². The summed E-state index contributed by atoms with van der Waals surface area (Å²) in [6.07, 6.45) is 3.14. The van der Waals surface area contributed by atoms with E-state index in [1.54, 1.807) is 20.4 Å². The first-order valence-electron chi connectivity index (χ1n) is 6.42. The van der Waals surface area contributed by atoms with Gasteiger partial charge < -0.3 is 9.47 Å². The van der Waals surface area contributed by atoms with Gasteiger partial charge in [-0.2, -0.15) is 5.26 Å². The van der Waals surface area contributed by atoms with Crippen LogP contribution in [0.1, 0.15) is 16.8 Å². The molecule has 108 valence electrons. The first-order chi connectivity index (χ1) is 10.2. The van der Waals surface area contributed by atoms with Crippen molar-refractivity contribution in [2.45, 2.75) is 12.8 Å². The van der Waals surface area contributed by atoms with Crippen molar-refractivity contribution in [1.29, 1.82) is 5.26 Å². The number of hydrogen-bond acceptors (Lipinski definition) is 4. The van der Waals surface area contributed by atoms with Crippen LogP contribution in [0.25, 0.3) is 0 Å². The maximum Gasteiger partial charge on any atom is 0.143 e. The quantitative estimate of drug-likeness (QED) is 0.831. The number of ether oxygens (including phenoxy) is 2. The molecule has 2 aromatic rings. The molecular weight excluding hydrogens is 332 g/mol. The number of nitrogens with zero attached hydrogens (tertiary/aromatic N) is 2. The van der Waals surface area contributed by atoms with Gasteiger partial charge in [-0.1, -0.05) is 0 Å². The van der Waals surface area contributed by atoms with Crippen LogP contribution in [-0.4, -0.2) is 19.2 Å². The predicted molar refractivity (Wildman–Crippen MR) is 83.6 cm³/mol. The second-order valence-electron chi connectivity index (χ2n) is 4.49. The van der Waals surface area contributed by atoms with Gasteiger partial charge in [0.2, 0.25) is 0 Å². The minimum absolute atomic E-state index is 0.466. The van der Waals surface area contributed by atoms with Gasteiger partial charge in [-0.15, -0.1) is 0 Å². The van der Waals surface area contributed by atoms with Crippen molar-refractivity contribution in [3.05, 3.63) is 51.8 Å². The average Bonchev–Trinajstić information content (AvgIpc) is 2.52. The Morgan fingerprint density at radius 1 is 1.10 bits per heavy atom. The maximum absolute atomic E-state index is 9.10. The van der Waals surface area contributed by atoms with Gasteiger partial charge in [-0.25, -0.2) is 4.98 Å². The SMILES string of the molecule is COc1cc(CCc2cc(Br)cnc2C#N)cc(OC)c1. The zero-order valence-electron chi connectivity index (χ0n) is 11.9. The summed E-state index contributed by atoms with van der Waals surface area (Å²) in [5.74, 6) is 1.52. The number of nitriles is 1. The summed E-state index contributed by atoms with van der Waals surface area (Å²) in [4.78, 5) is 4.12. The summed E-state index contributed by atoms with van der Waals surface area (Å²) in [5.41, 5.74) is 2.48. The molecule has 4 nitrogen and oxygen atoms in total. The highest BCUT2D eigenvalue weighted by molar-refractivity contribution is 9.10. The molecule has 5 heteroatoms. The molecule has 1 aromatic heterocycles. The van der Waals surface area contributed by atoms with Crippen LogP contribution in [0.4, 0.5) is 0 Å². The van der Waals surface area contributed by atoms with Crippen LogP contribution in [-0.2, 0) is 12.8 Å². The van der Waals surface area contributed by atoms with Crippen molar-refractivity contribution in [3.63, 3.8) is 0 Å². The third-order valence-electron chi connectivity index (χ3n) is 3.13. The second-order valence-corrected chi connectivity index (χ2v) is 5.41. The molecule has 0 N–H and O–H groups in total. The predicted octanol–water partition coefficient (Wildman–Crippen LogP) is 3.52. The summed E-state index contributed by atoms with van der Waals surface area (Å²) in [6, 6.07) is 9.84. The van der Waals surface area contributed by atoms with E-state index in [2.05, 4.69) is 27.0 Å². The highest BCUT2D eigenvalue weighted by atomic mass is 79.9. The van der Waals surface area contributed by atoms with Crippen molar-refractivity contribution < 1.29 is 9.47 Å². The Bertz CT molecular complexity index is 658. The normalized spacial score (nSPS) is 10.0. The minimum atomic E-state index is 0.466. The molecule has 0 aliphatic carbocycles. The highest BCUT2D eigenvalue weighted by Gasteiger charge is 2.07. The van der Waals surface area contributed by atoms with Gasteiger partial charge in [0, 0.05) is 16.7 Å². The fraction of sp³-hybridized carbons (Fsp3) is 0.250. The summed E-state index contributed by atoms with van der Waals surface area (Å²) in [5, 5.41) is 9.10. The molecule has 0 aliphatic heterocycles. The topological polar surface area (TPSA) is 55.1 Å². The minimum Gasteiger partial charge on any atom is -0.497 e. The number of methoxy groups -OCH3 is 2. The lowest BCUT2D eigenvalue weighted by molar-refractivity contribution is 0.393. The van der Waals surface area contributed by atoms with Crippen molar-refractivity contribution in [1.82, 2.24) is 4.98 Å². The van der Waals surface area contributed by atoms with Crippen LogP contribution >= 0.6 is 15.9 Å². The lowest BCUT2D eigenvalue weighted by Crippen LogP contribution is -1.98. The standard InChI is InChI=1S/C16H15BrN2O2/c1-20-14-5-11(6-15(8-14)21-2)3-4-12-7-13(17)10-19-16(12)9-18/h5-8,10H,3-4H2,1-2H3. The number of halogens is 1. The van der Waals surface area contributed by atoms with E-state index in [9.17, 15) is 0 Å². The molecule has 1 aromatic carbocycles. The van der Waals surface area contributed by atoms with Crippen LogP contribution in [0.15, 0.2) is 34.9 Å². The number of aryl methyl sites for hydroxylation is 2. The van der Waals surface area contributed by atoms with Crippen LogP contribution < -0.4 is 9.47 Å². The van der Waals surface area contributed by atoms with Gasteiger partial charge in [-0.05, 0) is 58.1 Å². The van der Waals surface area contributed by atoms with Crippen LogP contribution in [0.5, 0.6) is 11.5 Å². The van der Waals surface area contributed by atoms with E-state index in [1.807, 2.05) is 24.3 Å². The molecule has 0 amide bonds. The Kier molecular flexibility index (Phi) is 5.18. The van der Waals surface area contributed by atoms with E-state index in [0.29, 0.717) is 5.69 Å². The zero-order chi connectivity index (χ0) is 15.2.